The molecule has 42 heavy (non-hydrogen) atoms. The molecule has 9 nitrogen and oxygen atoms in total. The molecule has 10 heteroatoms. The molecular formula is C32H58N2O7S. The first-order chi connectivity index (χ1) is 19.5. The van der Waals surface area contributed by atoms with Gasteiger partial charge < -0.3 is 29.7 Å². The lowest BCUT2D eigenvalue weighted by Crippen LogP contribution is -2.62. The third kappa shape index (κ3) is 7.20. The van der Waals surface area contributed by atoms with Crippen LogP contribution in [0.15, 0.2) is 0 Å². The Balaban J connectivity index is 1.27. The lowest BCUT2D eigenvalue weighted by Gasteiger charge is -2.63. The standard InChI is InChI=1S/C32H58N2O7S/c1-21(8-11-29(38)33-14-6-15-34(4,5)16-7-17-42(39,40)41)24-9-10-25-30-26(20-28(37)32(24,25)3)31(2)13-12-23(35)18-22(31)19-27(30)36/h21-28,30,35-37H,6-20H2,1-5H3,(H-,33,38,39,40,41)/t21?,22?,23?,24?,25?,26?,27?,28?,30?,31-,32+/m0/s1. The summed E-state index contributed by atoms with van der Waals surface area (Å²) in [6, 6.07) is 0. The lowest BCUT2D eigenvalue weighted by atomic mass is 9.43. The van der Waals surface area contributed by atoms with Gasteiger partial charge in [0.1, 0.15) is 0 Å². The zero-order chi connectivity index (χ0) is 31.1. The Bertz CT molecular complexity index is 1050. The monoisotopic (exact) mass is 614 g/mol. The Morgan fingerprint density at radius 3 is 2.40 bits per heavy atom. The maximum atomic E-state index is 12.7. The van der Waals surface area contributed by atoms with Crippen molar-refractivity contribution >= 4 is 16.0 Å². The van der Waals surface area contributed by atoms with E-state index in [1.165, 1.54) is 0 Å². The number of nitrogens with one attached hydrogen (secondary N) is 1. The predicted octanol–water partition coefficient (Wildman–Crippen LogP) is 2.88. The number of carbonyl (C=O) groups is 1. The summed E-state index contributed by atoms with van der Waals surface area (Å²) >= 11 is 0. The average Bonchev–Trinajstić information content (AvgIpc) is 3.24. The van der Waals surface area contributed by atoms with Crippen LogP contribution in [-0.2, 0) is 14.9 Å². The Hall–Kier alpha value is -0.780. The molecule has 0 aromatic rings. The number of hydrogen-bond donors (Lipinski definition) is 4. The number of rotatable bonds is 12. The summed E-state index contributed by atoms with van der Waals surface area (Å²) in [7, 11) is -0.177. The Morgan fingerprint density at radius 1 is 1.02 bits per heavy atom. The summed E-state index contributed by atoms with van der Waals surface area (Å²) in [5.41, 5.74) is -0.191. The van der Waals surface area contributed by atoms with Crippen LogP contribution in [0.4, 0.5) is 0 Å². The summed E-state index contributed by atoms with van der Waals surface area (Å²) in [5.74, 6) is 1.38. The Labute approximate surface area is 254 Å². The van der Waals surface area contributed by atoms with Crippen molar-refractivity contribution in [1.82, 2.24) is 5.32 Å². The lowest BCUT2D eigenvalue weighted by molar-refractivity contribution is -0.890. The fraction of sp³-hybridized carbons (Fsp3) is 0.969. The van der Waals surface area contributed by atoms with Crippen LogP contribution in [-0.4, -0.2) is 96.5 Å². The van der Waals surface area contributed by atoms with Gasteiger partial charge in [0.15, 0.2) is 0 Å². The number of hydrogen-bond acceptors (Lipinski definition) is 7. The van der Waals surface area contributed by atoms with E-state index in [4.69, 9.17) is 0 Å². The van der Waals surface area contributed by atoms with Crippen molar-refractivity contribution in [2.75, 3.05) is 39.5 Å². The van der Waals surface area contributed by atoms with E-state index in [1.807, 2.05) is 14.1 Å². The van der Waals surface area contributed by atoms with Crippen LogP contribution in [0.5, 0.6) is 0 Å². The fourth-order valence-corrected chi connectivity index (χ4v) is 10.8. The summed E-state index contributed by atoms with van der Waals surface area (Å²) in [4.78, 5) is 12.7. The van der Waals surface area contributed by atoms with Gasteiger partial charge in [0.2, 0.25) is 5.91 Å². The highest BCUT2D eigenvalue weighted by Crippen LogP contribution is 2.68. The van der Waals surface area contributed by atoms with Crippen molar-refractivity contribution in [3.8, 4) is 0 Å². The number of nitrogens with zero attached hydrogens (tertiary/aromatic N) is 1. The second-order valence-corrected chi connectivity index (χ2v) is 17.3. The third-order valence-corrected chi connectivity index (χ3v) is 13.6. The highest BCUT2D eigenvalue weighted by Gasteiger charge is 2.65. The minimum Gasteiger partial charge on any atom is -0.748 e. The van der Waals surface area contributed by atoms with Gasteiger partial charge in [-0.15, -0.1) is 0 Å². The zero-order valence-electron chi connectivity index (χ0n) is 26.6. The molecule has 0 aliphatic heterocycles. The minimum atomic E-state index is -4.18. The SMILES string of the molecule is CC(CCC(=O)NCCC[N+](C)(C)CCCS(=O)(=O)[O-])C1CCC2C3C(O)CC4CC(O)CC[C@]4(C)C3CC(O)[C@]12C. The molecule has 0 saturated heterocycles. The molecule has 0 spiro atoms. The maximum absolute atomic E-state index is 12.7. The molecular weight excluding hydrogens is 556 g/mol. The Kier molecular flexibility index (Phi) is 10.5. The first-order valence-electron chi connectivity index (χ1n) is 16.5. The molecule has 0 aromatic heterocycles. The summed E-state index contributed by atoms with van der Waals surface area (Å²) in [6.07, 6.45) is 7.35. The topological polar surface area (TPSA) is 147 Å². The van der Waals surface area contributed by atoms with Crippen molar-refractivity contribution in [3.63, 3.8) is 0 Å². The van der Waals surface area contributed by atoms with Gasteiger partial charge in [0.05, 0.1) is 55.6 Å². The second-order valence-electron chi connectivity index (χ2n) is 15.7. The highest BCUT2D eigenvalue weighted by molar-refractivity contribution is 7.85. The summed E-state index contributed by atoms with van der Waals surface area (Å²) in [6.45, 7) is 8.78. The normalized spacial score (nSPS) is 41.0. The van der Waals surface area contributed by atoms with Gasteiger partial charge >= 0.3 is 0 Å². The van der Waals surface area contributed by atoms with E-state index < -0.39 is 16.2 Å². The van der Waals surface area contributed by atoms with Gasteiger partial charge in [-0.25, -0.2) is 8.42 Å². The summed E-state index contributed by atoms with van der Waals surface area (Å²) < 4.78 is 33.1. The zero-order valence-corrected chi connectivity index (χ0v) is 27.4. The van der Waals surface area contributed by atoms with Crippen LogP contribution in [0.25, 0.3) is 0 Å². The van der Waals surface area contributed by atoms with Gasteiger partial charge in [-0.3, -0.25) is 4.79 Å². The molecule has 4 fully saturated rings. The second kappa shape index (κ2) is 12.9. The first kappa shape index (κ1) is 34.1. The molecule has 0 heterocycles. The van der Waals surface area contributed by atoms with E-state index >= 15 is 0 Å². The number of carbonyl (C=O) groups excluding carboxylic acids is 1. The largest absolute Gasteiger partial charge is 0.748 e. The molecule has 0 bridgehead atoms. The fourth-order valence-electron chi connectivity index (χ4n) is 10.3. The molecule has 11 atom stereocenters. The minimum absolute atomic E-state index is 0.0368. The van der Waals surface area contributed by atoms with Gasteiger partial charge in [-0.2, -0.15) is 0 Å². The van der Waals surface area contributed by atoms with E-state index in [9.17, 15) is 33.1 Å². The summed E-state index contributed by atoms with van der Waals surface area (Å²) in [5, 5.41) is 36.6. The molecule has 0 radical (unpaired) electrons. The van der Waals surface area contributed by atoms with Crippen LogP contribution in [0.3, 0.4) is 0 Å². The van der Waals surface area contributed by atoms with E-state index in [0.717, 1.165) is 64.3 Å². The van der Waals surface area contributed by atoms with Gasteiger partial charge in [0.25, 0.3) is 0 Å². The van der Waals surface area contributed by atoms with Crippen LogP contribution < -0.4 is 5.32 Å². The third-order valence-electron chi connectivity index (χ3n) is 12.8. The molecule has 0 aromatic carbocycles. The predicted molar refractivity (Wildman–Crippen MR) is 161 cm³/mol. The molecule has 4 aliphatic rings. The van der Waals surface area contributed by atoms with E-state index in [1.54, 1.807) is 0 Å². The Morgan fingerprint density at radius 2 is 1.71 bits per heavy atom. The molecule has 244 valence electrons. The van der Waals surface area contributed by atoms with Gasteiger partial charge in [-0.1, -0.05) is 20.8 Å². The van der Waals surface area contributed by atoms with Crippen molar-refractivity contribution in [2.45, 2.75) is 110 Å². The molecule has 1 amide bonds. The smallest absolute Gasteiger partial charge is 0.220 e. The van der Waals surface area contributed by atoms with Crippen molar-refractivity contribution in [3.05, 3.63) is 0 Å². The number of quaternary nitrogens is 1. The average molecular weight is 615 g/mol. The molecule has 4 saturated carbocycles. The number of fused-ring (bicyclic) bond motifs is 5. The number of amides is 1. The molecule has 4 aliphatic carbocycles. The molecule has 4 rings (SSSR count). The van der Waals surface area contributed by atoms with E-state index in [2.05, 4.69) is 26.1 Å². The van der Waals surface area contributed by atoms with Crippen LogP contribution in [0.2, 0.25) is 0 Å². The van der Waals surface area contributed by atoms with Crippen molar-refractivity contribution < 1.29 is 37.6 Å². The quantitative estimate of drug-likeness (QED) is 0.150. The number of aliphatic hydroxyl groups excluding tert-OH is 3. The van der Waals surface area contributed by atoms with Gasteiger partial charge in [0, 0.05) is 31.6 Å². The van der Waals surface area contributed by atoms with Crippen molar-refractivity contribution in [2.24, 2.45) is 46.3 Å². The van der Waals surface area contributed by atoms with Gasteiger partial charge in [-0.05, 0) is 97.7 Å². The van der Waals surface area contributed by atoms with Crippen LogP contribution >= 0.6 is 0 Å². The highest BCUT2D eigenvalue weighted by atomic mass is 32.2. The molecule has 4 N–H and O–H groups in total. The van der Waals surface area contributed by atoms with Crippen LogP contribution in [0.1, 0.15) is 91.4 Å². The van der Waals surface area contributed by atoms with E-state index in [-0.39, 0.29) is 52.5 Å². The molecule has 9 unspecified atom stereocenters. The van der Waals surface area contributed by atoms with Crippen molar-refractivity contribution in [1.29, 1.82) is 0 Å². The van der Waals surface area contributed by atoms with Crippen LogP contribution in [0, 0.1) is 46.3 Å². The number of aliphatic hydroxyl groups is 3. The first-order valence-corrected chi connectivity index (χ1v) is 18.1. The van der Waals surface area contributed by atoms with E-state index in [0.29, 0.717) is 48.2 Å². The maximum Gasteiger partial charge on any atom is 0.220 e.